The average molecular weight is 218 g/mol. The third-order valence-electron chi connectivity index (χ3n) is 2.46. The van der Waals surface area contributed by atoms with Crippen LogP contribution in [0.2, 0.25) is 0 Å². The molecule has 2 rings (SSSR count). The Bertz CT molecular complexity index is 505. The molecule has 0 saturated carbocycles. The van der Waals surface area contributed by atoms with Gasteiger partial charge in [-0.3, -0.25) is 10.2 Å². The molecule has 0 bridgehead atoms. The Morgan fingerprint density at radius 2 is 2.31 bits per heavy atom. The molecule has 1 heterocycles. The van der Waals surface area contributed by atoms with Crippen LogP contribution < -0.4 is 11.2 Å². The van der Waals surface area contributed by atoms with Gasteiger partial charge in [-0.1, -0.05) is 19.1 Å². The second kappa shape index (κ2) is 4.32. The van der Waals surface area contributed by atoms with E-state index in [1.54, 1.807) is 11.0 Å². The maximum Gasteiger partial charge on any atom is 0.255 e. The molecule has 0 saturated heterocycles. The zero-order chi connectivity index (χ0) is 11.5. The van der Waals surface area contributed by atoms with Gasteiger partial charge in [0.2, 0.25) is 0 Å². The van der Waals surface area contributed by atoms with E-state index in [4.69, 9.17) is 5.73 Å². The SMILES string of the molecule is CC[C@@H](N)C(=O)Nn1cnc2ccccc21. The maximum atomic E-state index is 11.6. The van der Waals surface area contributed by atoms with Crippen LogP contribution in [0.3, 0.4) is 0 Å². The summed E-state index contributed by atoms with van der Waals surface area (Å²) in [5.41, 5.74) is 10.0. The van der Waals surface area contributed by atoms with Crippen molar-refractivity contribution >= 4 is 16.9 Å². The monoisotopic (exact) mass is 218 g/mol. The van der Waals surface area contributed by atoms with E-state index in [2.05, 4.69) is 10.4 Å². The molecule has 3 N–H and O–H groups in total. The van der Waals surface area contributed by atoms with Gasteiger partial charge in [-0.25, -0.2) is 9.66 Å². The number of benzene rings is 1. The van der Waals surface area contributed by atoms with Crippen molar-refractivity contribution < 1.29 is 4.79 Å². The quantitative estimate of drug-likeness (QED) is 0.802. The standard InChI is InChI=1S/C11H14N4O/c1-2-8(12)11(16)14-15-7-13-9-5-3-4-6-10(9)15/h3-8H,2,12H2,1H3,(H,14,16)/t8-/m1/s1. The van der Waals surface area contributed by atoms with Crippen LogP contribution >= 0.6 is 0 Å². The number of imidazole rings is 1. The van der Waals surface area contributed by atoms with Crippen molar-refractivity contribution in [2.75, 3.05) is 5.43 Å². The molecule has 1 aromatic carbocycles. The largest absolute Gasteiger partial charge is 0.320 e. The van der Waals surface area contributed by atoms with Crippen LogP contribution in [0.4, 0.5) is 0 Å². The minimum atomic E-state index is -0.485. The third-order valence-corrected chi connectivity index (χ3v) is 2.46. The van der Waals surface area contributed by atoms with Crippen LogP contribution in [-0.4, -0.2) is 21.6 Å². The van der Waals surface area contributed by atoms with Crippen molar-refractivity contribution in [3.8, 4) is 0 Å². The summed E-state index contributed by atoms with van der Waals surface area (Å²) >= 11 is 0. The number of carbonyl (C=O) groups is 1. The number of nitrogens with zero attached hydrogens (tertiary/aromatic N) is 2. The van der Waals surface area contributed by atoms with E-state index >= 15 is 0 Å². The van der Waals surface area contributed by atoms with Gasteiger partial charge < -0.3 is 5.73 Å². The molecule has 84 valence electrons. The van der Waals surface area contributed by atoms with Crippen LogP contribution in [0.1, 0.15) is 13.3 Å². The molecule has 0 aliphatic carbocycles. The molecule has 0 fully saturated rings. The van der Waals surface area contributed by atoms with E-state index in [0.29, 0.717) is 6.42 Å². The van der Waals surface area contributed by atoms with Gasteiger partial charge in [0.25, 0.3) is 5.91 Å². The topological polar surface area (TPSA) is 72.9 Å². The molecule has 0 radical (unpaired) electrons. The number of rotatable bonds is 3. The summed E-state index contributed by atoms with van der Waals surface area (Å²) in [4.78, 5) is 15.8. The van der Waals surface area contributed by atoms with Gasteiger partial charge in [0.1, 0.15) is 6.33 Å². The van der Waals surface area contributed by atoms with E-state index in [1.807, 2.05) is 31.2 Å². The first-order chi connectivity index (χ1) is 7.72. The van der Waals surface area contributed by atoms with Crippen molar-refractivity contribution in [3.63, 3.8) is 0 Å². The smallest absolute Gasteiger partial charge is 0.255 e. The number of amides is 1. The fraction of sp³-hybridized carbons (Fsp3) is 0.273. The molecule has 0 unspecified atom stereocenters. The molecular formula is C11H14N4O. The molecule has 5 heteroatoms. The molecule has 2 aromatic rings. The van der Waals surface area contributed by atoms with Gasteiger partial charge in [-0.05, 0) is 18.6 Å². The second-order valence-electron chi connectivity index (χ2n) is 3.59. The molecule has 1 aromatic heterocycles. The summed E-state index contributed by atoms with van der Waals surface area (Å²) in [6, 6.07) is 7.09. The highest BCUT2D eigenvalue weighted by Gasteiger charge is 2.11. The Labute approximate surface area is 93.2 Å². The van der Waals surface area contributed by atoms with Gasteiger partial charge >= 0.3 is 0 Å². The minimum Gasteiger partial charge on any atom is -0.320 e. The first-order valence-electron chi connectivity index (χ1n) is 5.21. The Balaban J connectivity index is 2.25. The molecule has 5 nitrogen and oxygen atoms in total. The van der Waals surface area contributed by atoms with Crippen molar-refractivity contribution in [3.05, 3.63) is 30.6 Å². The van der Waals surface area contributed by atoms with Gasteiger partial charge in [-0.2, -0.15) is 0 Å². The summed E-state index contributed by atoms with van der Waals surface area (Å²) in [5.74, 6) is -0.203. The number of nitrogens with one attached hydrogen (secondary N) is 1. The van der Waals surface area contributed by atoms with Crippen LogP contribution in [0.25, 0.3) is 11.0 Å². The fourth-order valence-corrected chi connectivity index (χ4v) is 1.44. The van der Waals surface area contributed by atoms with E-state index in [-0.39, 0.29) is 5.91 Å². The first kappa shape index (κ1) is 10.6. The number of hydrogen-bond acceptors (Lipinski definition) is 3. The molecule has 1 atom stereocenters. The Morgan fingerprint density at radius 3 is 3.06 bits per heavy atom. The van der Waals surface area contributed by atoms with Crippen molar-refractivity contribution in [2.45, 2.75) is 19.4 Å². The average Bonchev–Trinajstić information content (AvgIpc) is 2.72. The highest BCUT2D eigenvalue weighted by atomic mass is 16.2. The lowest BCUT2D eigenvalue weighted by Gasteiger charge is -2.10. The van der Waals surface area contributed by atoms with Gasteiger partial charge in [0.15, 0.2) is 0 Å². The van der Waals surface area contributed by atoms with Crippen LogP contribution in [-0.2, 0) is 4.79 Å². The highest BCUT2D eigenvalue weighted by Crippen LogP contribution is 2.09. The summed E-state index contributed by atoms with van der Waals surface area (Å²) in [6.07, 6.45) is 2.18. The van der Waals surface area contributed by atoms with E-state index in [1.165, 1.54) is 0 Å². The summed E-state index contributed by atoms with van der Waals surface area (Å²) in [6.45, 7) is 1.87. The first-order valence-corrected chi connectivity index (χ1v) is 5.21. The predicted octanol–water partition coefficient (Wildman–Crippen LogP) is 0.844. The van der Waals surface area contributed by atoms with Crippen LogP contribution in [0, 0.1) is 0 Å². The van der Waals surface area contributed by atoms with Crippen molar-refractivity contribution in [1.29, 1.82) is 0 Å². The van der Waals surface area contributed by atoms with E-state index in [9.17, 15) is 4.79 Å². The van der Waals surface area contributed by atoms with Crippen LogP contribution in [0.15, 0.2) is 30.6 Å². The Morgan fingerprint density at radius 1 is 1.56 bits per heavy atom. The zero-order valence-electron chi connectivity index (χ0n) is 9.05. The highest BCUT2D eigenvalue weighted by molar-refractivity contribution is 5.90. The molecule has 1 amide bonds. The molecular weight excluding hydrogens is 204 g/mol. The van der Waals surface area contributed by atoms with Crippen LogP contribution in [0.5, 0.6) is 0 Å². The fourth-order valence-electron chi connectivity index (χ4n) is 1.44. The second-order valence-corrected chi connectivity index (χ2v) is 3.59. The number of carbonyl (C=O) groups excluding carboxylic acids is 1. The normalized spacial score (nSPS) is 12.6. The van der Waals surface area contributed by atoms with Gasteiger partial charge in [-0.15, -0.1) is 0 Å². The summed E-state index contributed by atoms with van der Waals surface area (Å²) in [5, 5.41) is 0. The lowest BCUT2D eigenvalue weighted by Crippen LogP contribution is -2.38. The molecule has 0 aliphatic heterocycles. The number of para-hydroxylation sites is 2. The van der Waals surface area contributed by atoms with E-state index in [0.717, 1.165) is 11.0 Å². The number of hydrogen-bond donors (Lipinski definition) is 2. The minimum absolute atomic E-state index is 0.203. The molecule has 0 spiro atoms. The lowest BCUT2D eigenvalue weighted by atomic mass is 10.2. The summed E-state index contributed by atoms with van der Waals surface area (Å²) in [7, 11) is 0. The predicted molar refractivity (Wildman–Crippen MR) is 62.4 cm³/mol. The van der Waals surface area contributed by atoms with Gasteiger partial charge in [0, 0.05) is 0 Å². The van der Waals surface area contributed by atoms with Crippen molar-refractivity contribution in [1.82, 2.24) is 9.66 Å². The van der Waals surface area contributed by atoms with Gasteiger partial charge in [0.05, 0.1) is 17.1 Å². The number of fused-ring (bicyclic) bond motifs is 1. The number of nitrogens with two attached hydrogens (primary N) is 1. The summed E-state index contributed by atoms with van der Waals surface area (Å²) < 4.78 is 1.59. The molecule has 16 heavy (non-hydrogen) atoms. The zero-order valence-corrected chi connectivity index (χ0v) is 9.05. The third kappa shape index (κ3) is 1.90. The van der Waals surface area contributed by atoms with Crippen molar-refractivity contribution in [2.24, 2.45) is 5.73 Å². The Kier molecular flexibility index (Phi) is 2.87. The number of aromatic nitrogens is 2. The Hall–Kier alpha value is -1.88. The maximum absolute atomic E-state index is 11.6. The van der Waals surface area contributed by atoms with E-state index < -0.39 is 6.04 Å². The molecule has 0 aliphatic rings. The lowest BCUT2D eigenvalue weighted by molar-refractivity contribution is -0.118.